The topological polar surface area (TPSA) is 87.6 Å². The Morgan fingerprint density at radius 1 is 1.00 bits per heavy atom. The van der Waals surface area contributed by atoms with Gasteiger partial charge in [0.05, 0.1) is 6.20 Å². The fourth-order valence-corrected chi connectivity index (χ4v) is 15.6. The predicted octanol–water partition coefficient (Wildman–Crippen LogP) is 9.48. The summed E-state index contributed by atoms with van der Waals surface area (Å²) in [5.74, 6) is 6.83. The molecule has 2 N–H and O–H groups in total. The lowest BCUT2D eigenvalue weighted by Gasteiger charge is -2.70. The van der Waals surface area contributed by atoms with Gasteiger partial charge in [-0.15, -0.1) is 0 Å². The summed E-state index contributed by atoms with van der Waals surface area (Å²) in [4.78, 5) is 23.7. The zero-order valence-corrected chi connectivity index (χ0v) is 35.7. The van der Waals surface area contributed by atoms with E-state index in [1.807, 2.05) is 0 Å². The van der Waals surface area contributed by atoms with Crippen LogP contribution in [0.2, 0.25) is 0 Å². The molecule has 7 aliphatic rings. The lowest BCUT2D eigenvalue weighted by atomic mass is 9.35. The van der Waals surface area contributed by atoms with Gasteiger partial charge in [0, 0.05) is 55.6 Å². The number of aliphatic carboxylic acids is 1. The van der Waals surface area contributed by atoms with Crippen LogP contribution in [-0.4, -0.2) is 75.8 Å². The molecule has 302 valence electrons. The van der Waals surface area contributed by atoms with Crippen LogP contribution in [0.25, 0.3) is 0 Å². The van der Waals surface area contributed by atoms with Crippen molar-refractivity contribution in [3.63, 3.8) is 0 Å². The molecule has 4 saturated carbocycles. The Morgan fingerprint density at radius 3 is 2.45 bits per heavy atom. The van der Waals surface area contributed by atoms with E-state index >= 15 is 0 Å². The lowest BCUT2D eigenvalue weighted by molar-refractivity contribution is -0.201. The Hall–Kier alpha value is -2.16. The Balaban J connectivity index is 1.02. The van der Waals surface area contributed by atoms with Crippen LogP contribution in [0.3, 0.4) is 0 Å². The summed E-state index contributed by atoms with van der Waals surface area (Å²) in [5.41, 5.74) is 4.34. The third-order valence-electron chi connectivity index (χ3n) is 17.9. The lowest BCUT2D eigenvalue weighted by Crippen LogP contribution is -2.67. The van der Waals surface area contributed by atoms with E-state index in [0.29, 0.717) is 59.1 Å². The van der Waals surface area contributed by atoms with Crippen LogP contribution in [-0.2, 0) is 4.79 Å². The van der Waals surface area contributed by atoms with Gasteiger partial charge in [-0.05, 0) is 146 Å². The molecule has 1 aromatic heterocycles. The number of nitrogens with one attached hydrogen (secondary N) is 1. The van der Waals surface area contributed by atoms with Crippen molar-refractivity contribution >= 4 is 17.7 Å². The highest BCUT2D eigenvalue weighted by molar-refractivity contribution is 7.99. The van der Waals surface area contributed by atoms with Crippen LogP contribution in [0.5, 0.6) is 5.88 Å². The average Bonchev–Trinajstić information content (AvgIpc) is 3.56. The molecule has 5 fully saturated rings. The minimum atomic E-state index is -0.947. The molecule has 0 unspecified atom stereocenters. The number of aromatic nitrogens is 2. The molecule has 0 amide bonds. The van der Waals surface area contributed by atoms with Gasteiger partial charge < -0.3 is 20.1 Å². The number of allylic oxidation sites excluding steroid dienone is 5. The second kappa shape index (κ2) is 14.9. The molecule has 0 spiro atoms. The van der Waals surface area contributed by atoms with E-state index in [9.17, 15) is 9.90 Å². The second-order valence-electron chi connectivity index (χ2n) is 20.4. The van der Waals surface area contributed by atoms with E-state index in [-0.39, 0.29) is 17.6 Å². The molecule has 55 heavy (non-hydrogen) atoms. The quantitative estimate of drug-likeness (QED) is 0.228. The van der Waals surface area contributed by atoms with Gasteiger partial charge >= 0.3 is 5.97 Å². The minimum absolute atomic E-state index is 0.0522. The fourth-order valence-electron chi connectivity index (χ4n) is 14.6. The normalized spacial score (nSPS) is 42.5. The van der Waals surface area contributed by atoms with Gasteiger partial charge in [-0.3, -0.25) is 9.78 Å². The van der Waals surface area contributed by atoms with Gasteiger partial charge in [-0.2, -0.15) is 11.8 Å². The first-order valence-corrected chi connectivity index (χ1v) is 23.1. The summed E-state index contributed by atoms with van der Waals surface area (Å²) in [5, 5.41) is 14.8. The number of nitrogens with zero attached hydrogens (tertiary/aromatic N) is 3. The zero-order chi connectivity index (χ0) is 38.8. The third-order valence-corrected chi connectivity index (χ3v) is 18.8. The van der Waals surface area contributed by atoms with Crippen molar-refractivity contribution in [2.45, 2.75) is 118 Å². The van der Waals surface area contributed by atoms with Crippen molar-refractivity contribution in [2.24, 2.45) is 63.1 Å². The van der Waals surface area contributed by atoms with Crippen molar-refractivity contribution < 1.29 is 14.6 Å². The maximum Gasteiger partial charge on any atom is 0.313 e. The number of carbonyl (C=O) groups is 1. The molecule has 0 radical (unpaired) electrons. The molecule has 0 bridgehead atoms. The largest absolute Gasteiger partial charge is 0.481 e. The summed E-state index contributed by atoms with van der Waals surface area (Å²) < 4.78 is 5.90. The standard InChI is InChI=1S/C47H70N4O3S/c1-31(2)34-12-17-47(50-22-23-51-24-26-55-27-25-51)19-18-45(7)37(41(34)47)9-8-36-40-32(3)28-38(43(4,5)35(40)13-14-44(36,45)6)33-10-15-46(16-11-33,42(52)53)30-54-39-29-48-20-21-49-39/h10,20-21,28-29,32,34-37,40-41,50H,1,8-9,11-19,22-27,30H2,2-7H3,(H,52,53)/t32-,34-,35+,36+,37+,40-,41+,44+,45+,46+,47-/m0/s1. The van der Waals surface area contributed by atoms with E-state index in [0.717, 1.165) is 24.8 Å². The number of carboxylic acid groups (broad SMARTS) is 1. The molecule has 8 rings (SSSR count). The van der Waals surface area contributed by atoms with Crippen LogP contribution >= 0.6 is 11.8 Å². The van der Waals surface area contributed by atoms with E-state index in [1.54, 1.807) is 18.6 Å². The Morgan fingerprint density at radius 2 is 1.76 bits per heavy atom. The first-order chi connectivity index (χ1) is 26.2. The molecule has 11 atom stereocenters. The van der Waals surface area contributed by atoms with E-state index in [4.69, 9.17) is 4.74 Å². The van der Waals surface area contributed by atoms with Crippen LogP contribution in [0.1, 0.15) is 112 Å². The molecule has 6 aliphatic carbocycles. The molecule has 7 nitrogen and oxygen atoms in total. The Kier molecular flexibility index (Phi) is 10.7. The summed E-state index contributed by atoms with van der Waals surface area (Å²) in [6.07, 6.45) is 22.1. The van der Waals surface area contributed by atoms with Gasteiger partial charge in [-0.25, -0.2) is 4.98 Å². The van der Waals surface area contributed by atoms with Crippen molar-refractivity contribution in [3.05, 3.63) is 54.0 Å². The molecule has 1 saturated heterocycles. The van der Waals surface area contributed by atoms with Crippen LogP contribution in [0, 0.1) is 63.1 Å². The predicted molar refractivity (Wildman–Crippen MR) is 224 cm³/mol. The molecular formula is C47H70N4O3S. The summed E-state index contributed by atoms with van der Waals surface area (Å²) in [6, 6.07) is 0. The fraction of sp³-hybridized carbons (Fsp3) is 0.766. The molecule has 8 heteroatoms. The van der Waals surface area contributed by atoms with E-state index in [2.05, 4.69) is 92.2 Å². The van der Waals surface area contributed by atoms with E-state index in [1.165, 1.54) is 99.2 Å². The van der Waals surface area contributed by atoms with E-state index < -0.39 is 11.4 Å². The molecule has 0 aromatic carbocycles. The van der Waals surface area contributed by atoms with Crippen molar-refractivity contribution in [2.75, 3.05) is 44.3 Å². The number of fused-ring (bicyclic) bond motifs is 7. The Labute approximate surface area is 336 Å². The number of hydrogen-bond donors (Lipinski definition) is 2. The molecular weight excluding hydrogens is 701 g/mol. The van der Waals surface area contributed by atoms with Gasteiger partial charge in [0.15, 0.2) is 0 Å². The number of carboxylic acids is 1. The zero-order valence-electron chi connectivity index (χ0n) is 34.9. The highest BCUT2D eigenvalue weighted by atomic mass is 32.2. The maximum atomic E-state index is 12.7. The van der Waals surface area contributed by atoms with Gasteiger partial charge in [0.2, 0.25) is 5.88 Å². The summed E-state index contributed by atoms with van der Waals surface area (Å²) >= 11 is 2.11. The van der Waals surface area contributed by atoms with Crippen molar-refractivity contribution in [1.29, 1.82) is 0 Å². The molecule has 1 aromatic rings. The van der Waals surface area contributed by atoms with Gasteiger partial charge in [0.25, 0.3) is 0 Å². The average molecular weight is 771 g/mol. The smallest absolute Gasteiger partial charge is 0.313 e. The summed E-state index contributed by atoms with van der Waals surface area (Å²) in [7, 11) is 0. The highest BCUT2D eigenvalue weighted by Gasteiger charge is 2.69. The maximum absolute atomic E-state index is 12.7. The van der Waals surface area contributed by atoms with Gasteiger partial charge in [0.1, 0.15) is 12.0 Å². The summed E-state index contributed by atoms with van der Waals surface area (Å²) in [6.45, 7) is 25.0. The second-order valence-corrected chi connectivity index (χ2v) is 21.6. The number of rotatable bonds is 10. The first-order valence-electron chi connectivity index (χ1n) is 22.0. The Bertz CT molecular complexity index is 1670. The molecule has 2 heterocycles. The monoisotopic (exact) mass is 771 g/mol. The third kappa shape index (κ3) is 6.59. The van der Waals surface area contributed by atoms with Gasteiger partial charge in [-0.1, -0.05) is 58.9 Å². The van der Waals surface area contributed by atoms with Crippen molar-refractivity contribution in [1.82, 2.24) is 20.2 Å². The number of hydrogen-bond acceptors (Lipinski definition) is 7. The van der Waals surface area contributed by atoms with Crippen LogP contribution < -0.4 is 10.1 Å². The number of ether oxygens (including phenoxy) is 1. The highest BCUT2D eigenvalue weighted by Crippen LogP contribution is 2.74. The van der Waals surface area contributed by atoms with Crippen LogP contribution in [0.4, 0.5) is 0 Å². The van der Waals surface area contributed by atoms with Crippen LogP contribution in [0.15, 0.2) is 54.0 Å². The minimum Gasteiger partial charge on any atom is -0.481 e. The number of thioether (sulfide) groups is 1. The molecule has 1 aliphatic heterocycles. The first kappa shape index (κ1) is 39.7. The SMILES string of the molecule is C=C(C)[C@@H]1CC[C@]2(NCCN3CCSCC3)CC[C@]3(C)[C@H](CC[C@@H]4[C@@H]5[C@@H](CC[C@]43C)C(C)(C)C(C3=CC[C@@](COc4cnccn4)(C(=O)O)CC3)=C[C@@H]5C)[C@@H]12. The van der Waals surface area contributed by atoms with Crippen molar-refractivity contribution in [3.8, 4) is 5.88 Å².